The second-order valence-corrected chi connectivity index (χ2v) is 3.43. The van der Waals surface area contributed by atoms with Crippen molar-refractivity contribution in [2.45, 2.75) is 32.2 Å². The summed E-state index contributed by atoms with van der Waals surface area (Å²) in [5.74, 6) is 0.957. The van der Waals surface area contributed by atoms with Crippen molar-refractivity contribution in [2.24, 2.45) is 11.7 Å². The second-order valence-electron chi connectivity index (χ2n) is 3.43. The highest BCUT2D eigenvalue weighted by atomic mass is 14.9. The van der Waals surface area contributed by atoms with Crippen molar-refractivity contribution in [2.75, 3.05) is 13.1 Å². The molecule has 3 N–H and O–H groups in total. The molecular weight excluding hydrogens is 124 g/mol. The highest BCUT2D eigenvalue weighted by Crippen LogP contribution is 2.24. The molecule has 1 saturated carbocycles. The molecule has 0 aliphatic heterocycles. The maximum atomic E-state index is 5.58. The van der Waals surface area contributed by atoms with E-state index in [1.54, 1.807) is 0 Å². The van der Waals surface area contributed by atoms with Crippen LogP contribution in [-0.4, -0.2) is 19.1 Å². The van der Waals surface area contributed by atoms with E-state index < -0.39 is 0 Å². The molecular formula is C8H18N2. The Kier molecular flexibility index (Phi) is 3.16. The maximum Gasteiger partial charge on any atom is 0.0136 e. The van der Waals surface area contributed by atoms with Crippen LogP contribution >= 0.6 is 0 Å². The summed E-state index contributed by atoms with van der Waals surface area (Å²) in [4.78, 5) is 0. The molecule has 1 aliphatic rings. The van der Waals surface area contributed by atoms with Crippen molar-refractivity contribution in [3.05, 3.63) is 0 Å². The van der Waals surface area contributed by atoms with Crippen LogP contribution in [0.5, 0.6) is 0 Å². The van der Waals surface area contributed by atoms with E-state index in [0.29, 0.717) is 6.04 Å². The van der Waals surface area contributed by atoms with E-state index in [2.05, 4.69) is 5.32 Å². The average molecular weight is 142 g/mol. The number of rotatable bonds is 4. The van der Waals surface area contributed by atoms with Gasteiger partial charge in [-0.05, 0) is 32.2 Å². The summed E-state index contributed by atoms with van der Waals surface area (Å²) in [5.41, 5.74) is 5.58. The second kappa shape index (κ2) is 3.94. The minimum absolute atomic E-state index is 0.306. The van der Waals surface area contributed by atoms with Crippen molar-refractivity contribution in [3.8, 4) is 0 Å². The molecule has 2 nitrogen and oxygen atoms in total. The van der Waals surface area contributed by atoms with E-state index in [9.17, 15) is 0 Å². The largest absolute Gasteiger partial charge is 0.327 e. The molecule has 0 saturated heterocycles. The highest BCUT2D eigenvalue weighted by Gasteiger charge is 2.16. The van der Waals surface area contributed by atoms with Crippen LogP contribution in [0.4, 0.5) is 0 Å². The Morgan fingerprint density at radius 3 is 2.70 bits per heavy atom. The topological polar surface area (TPSA) is 38.0 Å². The number of hydrogen-bond acceptors (Lipinski definition) is 2. The summed E-state index contributed by atoms with van der Waals surface area (Å²) in [6.07, 6.45) is 4.28. The van der Waals surface area contributed by atoms with Gasteiger partial charge in [-0.25, -0.2) is 0 Å². The molecule has 1 aliphatic carbocycles. The lowest BCUT2D eigenvalue weighted by atomic mass is 9.85. The standard InChI is InChI=1S/C8H18N2/c1-7(9)5-10-6-8-3-2-4-8/h7-8,10H,2-6,9H2,1H3. The van der Waals surface area contributed by atoms with Crippen LogP contribution < -0.4 is 11.1 Å². The molecule has 10 heavy (non-hydrogen) atoms. The molecule has 0 bridgehead atoms. The summed E-state index contributed by atoms with van der Waals surface area (Å²) in [6.45, 7) is 4.19. The lowest BCUT2D eigenvalue weighted by Gasteiger charge is -2.25. The van der Waals surface area contributed by atoms with E-state index in [1.165, 1.54) is 25.8 Å². The number of hydrogen-bond donors (Lipinski definition) is 2. The first-order valence-corrected chi connectivity index (χ1v) is 4.25. The fourth-order valence-electron chi connectivity index (χ4n) is 1.21. The van der Waals surface area contributed by atoms with E-state index >= 15 is 0 Å². The Balaban J connectivity index is 1.85. The SMILES string of the molecule is CC(N)CNCC1CCC1. The molecule has 0 spiro atoms. The number of nitrogens with two attached hydrogens (primary N) is 1. The Hall–Kier alpha value is -0.0800. The molecule has 0 aromatic heterocycles. The molecule has 0 heterocycles. The van der Waals surface area contributed by atoms with Crippen LogP contribution in [0.15, 0.2) is 0 Å². The van der Waals surface area contributed by atoms with Crippen LogP contribution in [0.2, 0.25) is 0 Å². The first kappa shape index (κ1) is 8.02. The van der Waals surface area contributed by atoms with Gasteiger partial charge < -0.3 is 11.1 Å². The Labute approximate surface area is 63.2 Å². The third kappa shape index (κ3) is 2.67. The molecule has 1 rings (SSSR count). The van der Waals surface area contributed by atoms with Crippen molar-refractivity contribution in [1.29, 1.82) is 0 Å². The van der Waals surface area contributed by atoms with Gasteiger partial charge in [0.1, 0.15) is 0 Å². The first-order valence-electron chi connectivity index (χ1n) is 4.25. The Morgan fingerprint density at radius 1 is 1.60 bits per heavy atom. The van der Waals surface area contributed by atoms with E-state index in [1.807, 2.05) is 6.92 Å². The van der Waals surface area contributed by atoms with Gasteiger partial charge in [-0.2, -0.15) is 0 Å². The molecule has 1 fully saturated rings. The van der Waals surface area contributed by atoms with Gasteiger partial charge in [-0.15, -0.1) is 0 Å². The monoisotopic (exact) mass is 142 g/mol. The summed E-state index contributed by atoms with van der Waals surface area (Å²) in [5, 5.41) is 3.36. The van der Waals surface area contributed by atoms with Gasteiger partial charge in [0, 0.05) is 12.6 Å². The van der Waals surface area contributed by atoms with E-state index in [0.717, 1.165) is 12.5 Å². The number of nitrogens with one attached hydrogen (secondary N) is 1. The Morgan fingerprint density at radius 2 is 2.30 bits per heavy atom. The Bertz CT molecular complexity index is 87.3. The molecule has 0 aromatic carbocycles. The van der Waals surface area contributed by atoms with Gasteiger partial charge in [0.15, 0.2) is 0 Å². The smallest absolute Gasteiger partial charge is 0.0136 e. The van der Waals surface area contributed by atoms with Gasteiger partial charge in [0.25, 0.3) is 0 Å². The fraction of sp³-hybridized carbons (Fsp3) is 1.00. The third-order valence-electron chi connectivity index (χ3n) is 2.12. The molecule has 1 atom stereocenters. The van der Waals surface area contributed by atoms with Crippen LogP contribution in [0.3, 0.4) is 0 Å². The molecule has 1 unspecified atom stereocenters. The lowest BCUT2D eigenvalue weighted by Crippen LogP contribution is -2.35. The van der Waals surface area contributed by atoms with Gasteiger partial charge in [0.05, 0.1) is 0 Å². The fourth-order valence-corrected chi connectivity index (χ4v) is 1.21. The maximum absolute atomic E-state index is 5.58. The zero-order valence-corrected chi connectivity index (χ0v) is 6.77. The van der Waals surface area contributed by atoms with Crippen LogP contribution in [-0.2, 0) is 0 Å². The molecule has 2 heteroatoms. The van der Waals surface area contributed by atoms with Crippen molar-refractivity contribution >= 4 is 0 Å². The van der Waals surface area contributed by atoms with Crippen molar-refractivity contribution in [1.82, 2.24) is 5.32 Å². The van der Waals surface area contributed by atoms with Crippen molar-refractivity contribution in [3.63, 3.8) is 0 Å². The van der Waals surface area contributed by atoms with Crippen molar-refractivity contribution < 1.29 is 0 Å². The minimum Gasteiger partial charge on any atom is -0.327 e. The molecule has 0 amide bonds. The lowest BCUT2D eigenvalue weighted by molar-refractivity contribution is 0.300. The van der Waals surface area contributed by atoms with Crippen LogP contribution in [0.1, 0.15) is 26.2 Å². The summed E-state index contributed by atoms with van der Waals surface area (Å²) < 4.78 is 0. The summed E-state index contributed by atoms with van der Waals surface area (Å²) in [7, 11) is 0. The van der Waals surface area contributed by atoms with Crippen LogP contribution in [0.25, 0.3) is 0 Å². The summed E-state index contributed by atoms with van der Waals surface area (Å²) in [6, 6.07) is 0.306. The quantitative estimate of drug-likeness (QED) is 0.607. The minimum atomic E-state index is 0.306. The van der Waals surface area contributed by atoms with E-state index in [-0.39, 0.29) is 0 Å². The third-order valence-corrected chi connectivity index (χ3v) is 2.12. The van der Waals surface area contributed by atoms with E-state index in [4.69, 9.17) is 5.73 Å². The predicted octanol–water partition coefficient (Wildman–Crippen LogP) is 0.723. The van der Waals surface area contributed by atoms with Gasteiger partial charge in [-0.3, -0.25) is 0 Å². The average Bonchev–Trinajstić information content (AvgIpc) is 1.75. The van der Waals surface area contributed by atoms with Gasteiger partial charge in [-0.1, -0.05) is 6.42 Å². The molecule has 60 valence electrons. The normalized spacial score (nSPS) is 22.2. The highest BCUT2D eigenvalue weighted by molar-refractivity contribution is 4.72. The zero-order valence-electron chi connectivity index (χ0n) is 6.77. The van der Waals surface area contributed by atoms with Gasteiger partial charge in [0.2, 0.25) is 0 Å². The van der Waals surface area contributed by atoms with Crippen LogP contribution in [0, 0.1) is 5.92 Å². The molecule has 0 aromatic rings. The van der Waals surface area contributed by atoms with Gasteiger partial charge >= 0.3 is 0 Å². The zero-order chi connectivity index (χ0) is 7.40. The summed E-state index contributed by atoms with van der Waals surface area (Å²) >= 11 is 0. The predicted molar refractivity (Wildman–Crippen MR) is 43.9 cm³/mol. The first-order chi connectivity index (χ1) is 4.79. The molecule has 0 radical (unpaired) electrons.